The van der Waals surface area contributed by atoms with Crippen LogP contribution in [0.2, 0.25) is 0 Å². The summed E-state index contributed by atoms with van der Waals surface area (Å²) in [7, 11) is 0. The number of anilines is 3. The van der Waals surface area contributed by atoms with Crippen molar-refractivity contribution in [1.29, 1.82) is 0 Å². The number of benzene rings is 1. The lowest BCUT2D eigenvalue weighted by Crippen LogP contribution is -2.27. The summed E-state index contributed by atoms with van der Waals surface area (Å²) >= 11 is 0. The Labute approximate surface area is 175 Å². The van der Waals surface area contributed by atoms with E-state index in [1.54, 1.807) is 10.8 Å². The maximum Gasteiger partial charge on any atom is 0.178 e. The summed E-state index contributed by atoms with van der Waals surface area (Å²) in [5, 5.41) is 7.82. The van der Waals surface area contributed by atoms with Gasteiger partial charge in [0.05, 0.1) is 5.69 Å². The van der Waals surface area contributed by atoms with Gasteiger partial charge in [0.25, 0.3) is 0 Å². The molecule has 3 aromatic heterocycles. The second kappa shape index (κ2) is 7.76. The highest BCUT2D eigenvalue weighted by molar-refractivity contribution is 5.79. The molecule has 1 atom stereocenters. The molecule has 4 heterocycles. The molecule has 7 nitrogen and oxygen atoms in total. The molecule has 0 amide bonds. The first-order valence-electron chi connectivity index (χ1n) is 10.3. The van der Waals surface area contributed by atoms with Crippen LogP contribution in [-0.2, 0) is 6.54 Å². The maximum absolute atomic E-state index is 5.83. The first-order chi connectivity index (χ1) is 14.7. The van der Waals surface area contributed by atoms with Gasteiger partial charge in [-0.3, -0.25) is 0 Å². The van der Waals surface area contributed by atoms with Crippen LogP contribution in [0, 0.1) is 0 Å². The average Bonchev–Trinajstić information content (AvgIpc) is 3.43. The van der Waals surface area contributed by atoms with E-state index in [4.69, 9.17) is 10.7 Å². The summed E-state index contributed by atoms with van der Waals surface area (Å²) < 4.78 is 1.79. The lowest BCUT2D eigenvalue weighted by atomic mass is 10.0. The number of hydrogen-bond donors (Lipinski definition) is 2. The molecule has 0 saturated carbocycles. The quantitative estimate of drug-likeness (QED) is 0.528. The van der Waals surface area contributed by atoms with Crippen molar-refractivity contribution in [3.8, 4) is 11.1 Å². The van der Waals surface area contributed by atoms with E-state index in [1.807, 2.05) is 30.5 Å². The fourth-order valence-corrected chi connectivity index (χ4v) is 4.12. The minimum absolute atomic E-state index is 0.510. The van der Waals surface area contributed by atoms with Crippen LogP contribution in [0.1, 0.15) is 25.3 Å². The fraction of sp³-hybridized carbons (Fsp3) is 0.261. The summed E-state index contributed by atoms with van der Waals surface area (Å²) in [6.45, 7) is 3.82. The normalized spacial score (nSPS) is 16.3. The minimum Gasteiger partial charge on any atom is -0.354 e. The zero-order valence-electron chi connectivity index (χ0n) is 17.0. The van der Waals surface area contributed by atoms with E-state index in [2.05, 4.69) is 51.5 Å². The Morgan fingerprint density at radius 1 is 1.13 bits per heavy atom. The van der Waals surface area contributed by atoms with E-state index in [0.29, 0.717) is 12.6 Å². The Kier molecular flexibility index (Phi) is 4.80. The molecule has 1 saturated heterocycles. The van der Waals surface area contributed by atoms with Crippen LogP contribution in [0.5, 0.6) is 0 Å². The number of rotatable bonds is 5. The van der Waals surface area contributed by atoms with Crippen LogP contribution in [0.25, 0.3) is 16.8 Å². The summed E-state index contributed by atoms with van der Waals surface area (Å²) in [6.07, 6.45) is 5.98. The molecule has 152 valence electrons. The highest BCUT2D eigenvalue weighted by atomic mass is 15.3. The second-order valence-corrected chi connectivity index (χ2v) is 7.77. The van der Waals surface area contributed by atoms with Crippen molar-refractivity contribution >= 4 is 23.0 Å². The number of aromatic nitrogens is 4. The Balaban J connectivity index is 1.52. The zero-order valence-corrected chi connectivity index (χ0v) is 17.0. The summed E-state index contributed by atoms with van der Waals surface area (Å²) in [4.78, 5) is 11.7. The third-order valence-corrected chi connectivity index (χ3v) is 5.72. The van der Waals surface area contributed by atoms with Gasteiger partial charge in [-0.25, -0.2) is 14.5 Å². The number of nitrogens with zero attached hydrogens (tertiary/aromatic N) is 5. The molecule has 0 bridgehead atoms. The van der Waals surface area contributed by atoms with E-state index in [-0.39, 0.29) is 0 Å². The minimum atomic E-state index is 0.510. The van der Waals surface area contributed by atoms with Crippen molar-refractivity contribution in [2.75, 3.05) is 16.8 Å². The first kappa shape index (κ1) is 18.6. The van der Waals surface area contributed by atoms with E-state index >= 15 is 0 Å². The Bertz CT molecular complexity index is 1180. The largest absolute Gasteiger partial charge is 0.354 e. The van der Waals surface area contributed by atoms with Gasteiger partial charge in [-0.15, -0.1) is 0 Å². The van der Waals surface area contributed by atoms with Crippen molar-refractivity contribution < 1.29 is 0 Å². The summed E-state index contributed by atoms with van der Waals surface area (Å²) in [5.74, 6) is 1.80. The third kappa shape index (κ3) is 3.48. The van der Waals surface area contributed by atoms with Crippen molar-refractivity contribution in [2.24, 2.45) is 5.73 Å². The highest BCUT2D eigenvalue weighted by Gasteiger charge is 2.21. The molecule has 30 heavy (non-hydrogen) atoms. The third-order valence-electron chi connectivity index (χ3n) is 5.72. The van der Waals surface area contributed by atoms with Crippen molar-refractivity contribution in [1.82, 2.24) is 19.6 Å². The van der Waals surface area contributed by atoms with E-state index in [0.717, 1.165) is 46.2 Å². The standard InChI is InChI=1S/C23H25N7/c1-16-5-4-10-29(16)22-9-3-8-21(28-22)27-20-12-19(14-30-23(20)25-15-26-30)18-7-2-6-17(11-18)13-24/h2-3,6-9,11-12,14-16H,4-5,10,13,24H2,1H3,(H,27,28)/t16-/m0/s1. The Hall–Kier alpha value is -3.45. The molecular weight excluding hydrogens is 374 g/mol. The van der Waals surface area contributed by atoms with Crippen LogP contribution in [0.4, 0.5) is 17.3 Å². The van der Waals surface area contributed by atoms with Gasteiger partial charge < -0.3 is 16.0 Å². The van der Waals surface area contributed by atoms with Gasteiger partial charge in [0.15, 0.2) is 5.65 Å². The smallest absolute Gasteiger partial charge is 0.178 e. The predicted molar refractivity (Wildman–Crippen MR) is 120 cm³/mol. The molecule has 3 N–H and O–H groups in total. The number of nitrogens with one attached hydrogen (secondary N) is 1. The van der Waals surface area contributed by atoms with Gasteiger partial charge in [0.1, 0.15) is 18.0 Å². The van der Waals surface area contributed by atoms with Crippen molar-refractivity contribution in [3.63, 3.8) is 0 Å². The molecule has 0 radical (unpaired) electrons. The van der Waals surface area contributed by atoms with Crippen LogP contribution < -0.4 is 16.0 Å². The molecule has 1 fully saturated rings. The SMILES string of the molecule is C[C@H]1CCCN1c1cccc(Nc2cc(-c3cccc(CN)c3)cn3ncnc23)n1. The average molecular weight is 400 g/mol. The number of hydrogen-bond acceptors (Lipinski definition) is 6. The Morgan fingerprint density at radius 3 is 2.87 bits per heavy atom. The molecule has 7 heteroatoms. The Morgan fingerprint density at radius 2 is 2.03 bits per heavy atom. The lowest BCUT2D eigenvalue weighted by molar-refractivity contribution is 0.727. The molecule has 5 rings (SSSR count). The molecule has 1 aromatic carbocycles. The molecule has 4 aromatic rings. The second-order valence-electron chi connectivity index (χ2n) is 7.77. The molecule has 0 aliphatic carbocycles. The first-order valence-corrected chi connectivity index (χ1v) is 10.3. The van der Waals surface area contributed by atoms with Crippen LogP contribution in [0.3, 0.4) is 0 Å². The van der Waals surface area contributed by atoms with Gasteiger partial charge in [-0.2, -0.15) is 5.10 Å². The van der Waals surface area contributed by atoms with Crippen LogP contribution >= 0.6 is 0 Å². The van der Waals surface area contributed by atoms with E-state index in [1.165, 1.54) is 12.8 Å². The van der Waals surface area contributed by atoms with Gasteiger partial charge in [-0.05, 0) is 55.2 Å². The number of nitrogens with two attached hydrogens (primary N) is 1. The van der Waals surface area contributed by atoms with E-state index < -0.39 is 0 Å². The zero-order chi connectivity index (χ0) is 20.5. The number of pyridine rings is 2. The predicted octanol–water partition coefficient (Wildman–Crippen LogP) is 3.98. The van der Waals surface area contributed by atoms with Crippen molar-refractivity contribution in [3.05, 3.63) is 66.6 Å². The van der Waals surface area contributed by atoms with E-state index in [9.17, 15) is 0 Å². The molecule has 1 aliphatic heterocycles. The van der Waals surface area contributed by atoms with Gasteiger partial charge >= 0.3 is 0 Å². The topological polar surface area (TPSA) is 84.4 Å². The molecular formula is C23H25N7. The molecule has 0 unspecified atom stereocenters. The van der Waals surface area contributed by atoms with Crippen LogP contribution in [0.15, 0.2) is 61.1 Å². The molecule has 1 aliphatic rings. The monoisotopic (exact) mass is 399 g/mol. The lowest BCUT2D eigenvalue weighted by Gasteiger charge is -2.23. The van der Waals surface area contributed by atoms with Crippen LogP contribution in [-0.4, -0.2) is 32.2 Å². The highest BCUT2D eigenvalue weighted by Crippen LogP contribution is 2.29. The fourth-order valence-electron chi connectivity index (χ4n) is 4.12. The number of fused-ring (bicyclic) bond motifs is 1. The van der Waals surface area contributed by atoms with Crippen molar-refractivity contribution in [2.45, 2.75) is 32.4 Å². The summed E-state index contributed by atoms with van der Waals surface area (Å²) in [6, 6.07) is 17.0. The van der Waals surface area contributed by atoms with Gasteiger partial charge in [-0.1, -0.05) is 24.3 Å². The summed E-state index contributed by atoms with van der Waals surface area (Å²) in [5.41, 5.74) is 10.7. The maximum atomic E-state index is 5.83. The molecule has 0 spiro atoms. The van der Waals surface area contributed by atoms with Gasteiger partial charge in [0, 0.05) is 30.9 Å². The van der Waals surface area contributed by atoms with Gasteiger partial charge in [0.2, 0.25) is 0 Å².